The van der Waals surface area contributed by atoms with Crippen molar-refractivity contribution in [1.29, 1.82) is 0 Å². The van der Waals surface area contributed by atoms with Crippen molar-refractivity contribution >= 4 is 33.2 Å². The van der Waals surface area contributed by atoms with Crippen molar-refractivity contribution in [1.82, 2.24) is 9.62 Å². The summed E-state index contributed by atoms with van der Waals surface area (Å²) in [5.41, 5.74) is 3.04. The number of carbonyl (C=O) groups excluding carboxylic acids is 1. The van der Waals surface area contributed by atoms with E-state index in [2.05, 4.69) is 10.7 Å². The Morgan fingerprint density at radius 1 is 1.40 bits per heavy atom. The molecule has 9 heteroatoms. The number of nitrogens with zero attached hydrogens (tertiary/aromatic N) is 1. The molecule has 0 saturated heterocycles. The first-order chi connectivity index (χ1) is 9.27. The molecule has 112 valence electrons. The summed E-state index contributed by atoms with van der Waals surface area (Å²) in [6.45, 7) is -0.00410. The summed E-state index contributed by atoms with van der Waals surface area (Å²) in [5, 5.41) is 2.90. The highest BCUT2D eigenvalue weighted by molar-refractivity contribution is 7.89. The third-order valence-corrected chi connectivity index (χ3v) is 4.65. The van der Waals surface area contributed by atoms with Crippen molar-refractivity contribution in [2.24, 2.45) is 5.84 Å². The summed E-state index contributed by atoms with van der Waals surface area (Å²) < 4.78 is 24.2. The van der Waals surface area contributed by atoms with Crippen molar-refractivity contribution < 1.29 is 13.2 Å². The maximum absolute atomic E-state index is 12.0. The highest BCUT2D eigenvalue weighted by Crippen LogP contribution is 2.19. The van der Waals surface area contributed by atoms with Crippen LogP contribution < -0.4 is 16.6 Å². The van der Waals surface area contributed by atoms with Crippen LogP contribution in [0.25, 0.3) is 0 Å². The number of rotatable bonds is 6. The zero-order valence-corrected chi connectivity index (χ0v) is 12.8. The van der Waals surface area contributed by atoms with Crippen LogP contribution in [0.4, 0.5) is 5.69 Å². The zero-order chi connectivity index (χ0) is 15.3. The molecule has 0 aliphatic carbocycles. The molecule has 1 amide bonds. The number of anilines is 1. The largest absolute Gasteiger partial charge is 0.351 e. The van der Waals surface area contributed by atoms with Crippen LogP contribution in [0.3, 0.4) is 0 Å². The van der Waals surface area contributed by atoms with Crippen LogP contribution >= 0.6 is 11.6 Å². The first-order valence-electron chi connectivity index (χ1n) is 5.72. The van der Waals surface area contributed by atoms with E-state index in [-0.39, 0.29) is 17.9 Å². The van der Waals surface area contributed by atoms with Crippen LogP contribution in [0.15, 0.2) is 18.2 Å². The maximum atomic E-state index is 12.0. The Morgan fingerprint density at radius 2 is 2.05 bits per heavy atom. The van der Waals surface area contributed by atoms with E-state index in [1.54, 1.807) is 12.1 Å². The van der Waals surface area contributed by atoms with Crippen molar-refractivity contribution in [3.63, 3.8) is 0 Å². The van der Waals surface area contributed by atoms with Crippen molar-refractivity contribution in [2.45, 2.75) is 0 Å². The topological polar surface area (TPSA) is 105 Å². The Kier molecular flexibility index (Phi) is 5.75. The van der Waals surface area contributed by atoms with Gasteiger partial charge in [0, 0.05) is 25.7 Å². The summed E-state index contributed by atoms with van der Waals surface area (Å²) in [4.78, 5) is 12.0. The second-order valence-corrected chi connectivity index (χ2v) is 6.93. The molecule has 0 aliphatic heterocycles. The van der Waals surface area contributed by atoms with Crippen molar-refractivity contribution in [3.8, 4) is 0 Å². The SMILES string of the molecule is CN(C)S(=O)(=O)CCNC(=O)c1cc(Cl)ccc1NN. The van der Waals surface area contributed by atoms with E-state index in [0.29, 0.717) is 10.7 Å². The van der Waals surface area contributed by atoms with Gasteiger partial charge in [0.15, 0.2) is 0 Å². The van der Waals surface area contributed by atoms with Gasteiger partial charge in [-0.15, -0.1) is 0 Å². The number of benzene rings is 1. The van der Waals surface area contributed by atoms with Gasteiger partial charge in [0.1, 0.15) is 0 Å². The van der Waals surface area contributed by atoms with Gasteiger partial charge in [0.25, 0.3) is 5.91 Å². The molecule has 0 heterocycles. The molecule has 0 spiro atoms. The smallest absolute Gasteiger partial charge is 0.253 e. The molecule has 1 aromatic carbocycles. The van der Waals surface area contributed by atoms with Crippen LogP contribution in [-0.2, 0) is 10.0 Å². The Morgan fingerprint density at radius 3 is 2.60 bits per heavy atom. The number of nitrogens with two attached hydrogens (primary N) is 1. The second kappa shape index (κ2) is 6.89. The normalized spacial score (nSPS) is 11.4. The van der Waals surface area contributed by atoms with Gasteiger partial charge in [0.05, 0.1) is 17.0 Å². The summed E-state index contributed by atoms with van der Waals surface area (Å²) in [6, 6.07) is 4.60. The molecule has 1 rings (SSSR count). The molecule has 0 unspecified atom stereocenters. The zero-order valence-electron chi connectivity index (χ0n) is 11.2. The van der Waals surface area contributed by atoms with Gasteiger partial charge in [-0.1, -0.05) is 11.6 Å². The number of hydrogen-bond donors (Lipinski definition) is 3. The van der Waals surface area contributed by atoms with E-state index >= 15 is 0 Å². The minimum atomic E-state index is -3.35. The van der Waals surface area contributed by atoms with Crippen LogP contribution in [0.1, 0.15) is 10.4 Å². The molecule has 0 aromatic heterocycles. The lowest BCUT2D eigenvalue weighted by Crippen LogP contribution is -2.34. The van der Waals surface area contributed by atoms with E-state index < -0.39 is 15.9 Å². The highest BCUT2D eigenvalue weighted by atomic mass is 35.5. The van der Waals surface area contributed by atoms with Crippen LogP contribution in [0, 0.1) is 0 Å². The Hall–Kier alpha value is -1.35. The van der Waals surface area contributed by atoms with E-state index in [1.165, 1.54) is 20.2 Å². The van der Waals surface area contributed by atoms with E-state index in [1.807, 2.05) is 0 Å². The predicted octanol–water partition coefficient (Wildman–Crippen LogP) is 0.247. The van der Waals surface area contributed by atoms with Gasteiger partial charge in [-0.05, 0) is 18.2 Å². The number of halogens is 1. The Labute approximate surface area is 123 Å². The number of sulfonamides is 1. The number of nitrogens with one attached hydrogen (secondary N) is 2. The molecule has 0 fully saturated rings. The minimum Gasteiger partial charge on any atom is -0.351 e. The first kappa shape index (κ1) is 16.7. The Balaban J connectivity index is 2.71. The molecular weight excluding hydrogens is 304 g/mol. The van der Waals surface area contributed by atoms with E-state index in [0.717, 1.165) is 4.31 Å². The number of hydrogen-bond acceptors (Lipinski definition) is 5. The van der Waals surface area contributed by atoms with Gasteiger partial charge >= 0.3 is 0 Å². The molecule has 0 bridgehead atoms. The molecule has 0 radical (unpaired) electrons. The molecule has 0 aliphatic rings. The fraction of sp³-hybridized carbons (Fsp3) is 0.364. The lowest BCUT2D eigenvalue weighted by atomic mass is 10.1. The summed E-state index contributed by atoms with van der Waals surface area (Å²) in [6.07, 6.45) is 0. The standard InChI is InChI=1S/C11H17ClN4O3S/c1-16(2)20(18,19)6-5-14-11(17)9-7-8(12)3-4-10(9)15-13/h3-4,7,15H,5-6,13H2,1-2H3,(H,14,17). The van der Waals surface area contributed by atoms with Gasteiger partial charge in [-0.3, -0.25) is 10.6 Å². The average Bonchev–Trinajstić information content (AvgIpc) is 2.38. The fourth-order valence-corrected chi connectivity index (χ4v) is 2.30. The summed E-state index contributed by atoms with van der Waals surface area (Å²) in [7, 11) is -0.477. The van der Waals surface area contributed by atoms with Crippen molar-refractivity contribution in [2.75, 3.05) is 31.8 Å². The highest BCUT2D eigenvalue weighted by Gasteiger charge is 2.15. The number of carbonyl (C=O) groups is 1. The average molecular weight is 321 g/mol. The maximum Gasteiger partial charge on any atom is 0.253 e. The first-order valence-corrected chi connectivity index (χ1v) is 7.71. The second-order valence-electron chi connectivity index (χ2n) is 4.19. The molecule has 20 heavy (non-hydrogen) atoms. The minimum absolute atomic E-state index is 0.00410. The molecule has 0 atom stereocenters. The molecule has 1 aromatic rings. The number of amides is 1. The van der Waals surface area contributed by atoms with Gasteiger partial charge in [-0.25, -0.2) is 12.7 Å². The predicted molar refractivity (Wildman–Crippen MR) is 79.1 cm³/mol. The third-order valence-electron chi connectivity index (χ3n) is 2.58. The number of nitrogen functional groups attached to an aromatic ring is 1. The number of hydrazine groups is 1. The van der Waals surface area contributed by atoms with Gasteiger partial charge < -0.3 is 10.7 Å². The molecular formula is C11H17ClN4O3S. The lowest BCUT2D eigenvalue weighted by Gasteiger charge is -2.13. The van der Waals surface area contributed by atoms with Gasteiger partial charge in [0.2, 0.25) is 10.0 Å². The van der Waals surface area contributed by atoms with Crippen molar-refractivity contribution in [3.05, 3.63) is 28.8 Å². The summed E-state index contributed by atoms with van der Waals surface area (Å²) in [5.74, 6) is 4.67. The molecule has 7 nitrogen and oxygen atoms in total. The molecule has 4 N–H and O–H groups in total. The fourth-order valence-electron chi connectivity index (χ4n) is 1.40. The quantitative estimate of drug-likeness (QED) is 0.515. The van der Waals surface area contributed by atoms with E-state index in [9.17, 15) is 13.2 Å². The molecule has 0 saturated carbocycles. The summed E-state index contributed by atoms with van der Waals surface area (Å²) >= 11 is 5.81. The van der Waals surface area contributed by atoms with Crippen LogP contribution in [-0.4, -0.2) is 45.0 Å². The third kappa shape index (κ3) is 4.34. The van der Waals surface area contributed by atoms with Crippen LogP contribution in [0.2, 0.25) is 5.02 Å². The monoisotopic (exact) mass is 320 g/mol. The van der Waals surface area contributed by atoms with Crippen LogP contribution in [0.5, 0.6) is 0 Å². The Bertz CT molecular complexity index is 589. The van der Waals surface area contributed by atoms with Gasteiger partial charge in [-0.2, -0.15) is 0 Å². The lowest BCUT2D eigenvalue weighted by molar-refractivity contribution is 0.0957. The van der Waals surface area contributed by atoms with E-state index in [4.69, 9.17) is 17.4 Å².